The molecule has 0 unspecified atom stereocenters. The molecule has 0 aliphatic carbocycles. The molecule has 0 bridgehead atoms. The number of aromatic amines is 1. The van der Waals surface area contributed by atoms with Crippen LogP contribution in [0, 0.1) is 11.6 Å². The van der Waals surface area contributed by atoms with Crippen LogP contribution in [0.5, 0.6) is 5.75 Å². The first-order chi connectivity index (χ1) is 10.7. The molecule has 4 nitrogen and oxygen atoms in total. The third-order valence-corrected chi connectivity index (χ3v) is 3.19. The van der Waals surface area contributed by atoms with Crippen LogP contribution in [0.15, 0.2) is 48.5 Å². The standard InChI is InChI=1S/C16H13F2N3O/c1-22-13-8-6-12(7-9-13)19-16-14(18)15(20-21-16)10-2-4-11(17)5-3-10/h2-9H,1H3,(H2,19,20,21). The maximum atomic E-state index is 14.4. The van der Waals surface area contributed by atoms with E-state index in [4.69, 9.17) is 4.74 Å². The van der Waals surface area contributed by atoms with E-state index < -0.39 is 5.82 Å². The van der Waals surface area contributed by atoms with Crippen molar-refractivity contribution in [2.24, 2.45) is 0 Å². The van der Waals surface area contributed by atoms with Gasteiger partial charge in [-0.25, -0.2) is 8.78 Å². The molecule has 22 heavy (non-hydrogen) atoms. The summed E-state index contributed by atoms with van der Waals surface area (Å²) in [7, 11) is 1.57. The molecule has 1 aromatic heterocycles. The monoisotopic (exact) mass is 301 g/mol. The number of hydrogen-bond acceptors (Lipinski definition) is 3. The first-order valence-electron chi connectivity index (χ1n) is 6.58. The van der Waals surface area contributed by atoms with Crippen LogP contribution in [0.3, 0.4) is 0 Å². The number of anilines is 2. The number of rotatable bonds is 4. The Morgan fingerprint density at radius 3 is 2.32 bits per heavy atom. The fourth-order valence-corrected chi connectivity index (χ4v) is 2.03. The Kier molecular flexibility index (Phi) is 3.74. The number of nitrogens with one attached hydrogen (secondary N) is 2. The lowest BCUT2D eigenvalue weighted by atomic mass is 10.1. The molecule has 0 saturated carbocycles. The molecule has 3 rings (SSSR count). The topological polar surface area (TPSA) is 49.9 Å². The maximum absolute atomic E-state index is 14.4. The minimum Gasteiger partial charge on any atom is -0.497 e. The van der Waals surface area contributed by atoms with Crippen LogP contribution in [0.25, 0.3) is 11.3 Å². The molecule has 112 valence electrons. The van der Waals surface area contributed by atoms with Gasteiger partial charge in [0.2, 0.25) is 0 Å². The van der Waals surface area contributed by atoms with E-state index >= 15 is 0 Å². The van der Waals surface area contributed by atoms with Gasteiger partial charge in [0, 0.05) is 11.3 Å². The summed E-state index contributed by atoms with van der Waals surface area (Å²) < 4.78 is 32.4. The number of hydrogen-bond donors (Lipinski definition) is 2. The summed E-state index contributed by atoms with van der Waals surface area (Å²) in [6.45, 7) is 0. The second kappa shape index (κ2) is 5.85. The zero-order valence-corrected chi connectivity index (χ0v) is 11.7. The molecule has 0 saturated heterocycles. The SMILES string of the molecule is COc1ccc(Nc2n[nH]c(-c3ccc(F)cc3)c2F)cc1. The lowest BCUT2D eigenvalue weighted by molar-refractivity contribution is 0.415. The fraction of sp³-hybridized carbons (Fsp3) is 0.0625. The van der Waals surface area contributed by atoms with Gasteiger partial charge in [0.05, 0.1) is 7.11 Å². The Balaban J connectivity index is 1.85. The summed E-state index contributed by atoms with van der Waals surface area (Å²) in [5.74, 6) is -0.118. The average molecular weight is 301 g/mol. The zero-order valence-electron chi connectivity index (χ0n) is 11.7. The normalized spacial score (nSPS) is 10.5. The number of nitrogens with zero attached hydrogens (tertiary/aromatic N) is 1. The second-order valence-corrected chi connectivity index (χ2v) is 4.62. The minimum absolute atomic E-state index is 0.0736. The van der Waals surface area contributed by atoms with E-state index in [-0.39, 0.29) is 17.3 Å². The first-order valence-corrected chi connectivity index (χ1v) is 6.58. The number of halogens is 2. The lowest BCUT2D eigenvalue weighted by Gasteiger charge is -2.04. The van der Waals surface area contributed by atoms with Gasteiger partial charge < -0.3 is 10.1 Å². The maximum Gasteiger partial charge on any atom is 0.193 e. The van der Waals surface area contributed by atoms with Crippen molar-refractivity contribution >= 4 is 11.5 Å². The molecule has 3 aromatic rings. The highest BCUT2D eigenvalue weighted by Crippen LogP contribution is 2.27. The van der Waals surface area contributed by atoms with Crippen LogP contribution < -0.4 is 10.1 Å². The molecule has 0 amide bonds. The van der Waals surface area contributed by atoms with E-state index in [1.807, 2.05) is 0 Å². The predicted octanol–water partition coefficient (Wildman–Crippen LogP) is 4.11. The van der Waals surface area contributed by atoms with Crippen molar-refractivity contribution in [3.63, 3.8) is 0 Å². The third kappa shape index (κ3) is 2.76. The number of benzene rings is 2. The summed E-state index contributed by atoms with van der Waals surface area (Å²) in [5, 5.41) is 9.41. The van der Waals surface area contributed by atoms with E-state index in [1.165, 1.54) is 24.3 Å². The molecule has 2 N–H and O–H groups in total. The fourth-order valence-electron chi connectivity index (χ4n) is 2.03. The van der Waals surface area contributed by atoms with Crippen LogP contribution in [-0.4, -0.2) is 17.3 Å². The van der Waals surface area contributed by atoms with Crippen LogP contribution >= 0.6 is 0 Å². The first kappa shape index (κ1) is 14.1. The largest absolute Gasteiger partial charge is 0.497 e. The second-order valence-electron chi connectivity index (χ2n) is 4.62. The molecule has 0 fully saturated rings. The Morgan fingerprint density at radius 1 is 1.00 bits per heavy atom. The van der Waals surface area contributed by atoms with Gasteiger partial charge in [0.25, 0.3) is 0 Å². The van der Waals surface area contributed by atoms with Gasteiger partial charge >= 0.3 is 0 Å². The Bertz CT molecular complexity index is 767. The van der Waals surface area contributed by atoms with E-state index in [2.05, 4.69) is 15.5 Å². The smallest absolute Gasteiger partial charge is 0.193 e. The highest BCUT2D eigenvalue weighted by atomic mass is 19.1. The molecule has 2 aromatic carbocycles. The van der Waals surface area contributed by atoms with E-state index in [1.54, 1.807) is 31.4 Å². The number of methoxy groups -OCH3 is 1. The molecule has 6 heteroatoms. The quantitative estimate of drug-likeness (QED) is 0.762. The van der Waals surface area contributed by atoms with Gasteiger partial charge in [-0.15, -0.1) is 0 Å². The Hall–Kier alpha value is -2.89. The Morgan fingerprint density at radius 2 is 1.68 bits per heavy atom. The van der Waals surface area contributed by atoms with E-state index in [0.29, 0.717) is 17.0 Å². The van der Waals surface area contributed by atoms with Crippen molar-refractivity contribution < 1.29 is 13.5 Å². The van der Waals surface area contributed by atoms with Crippen molar-refractivity contribution in [1.82, 2.24) is 10.2 Å². The Labute approximate surface area is 125 Å². The highest BCUT2D eigenvalue weighted by Gasteiger charge is 2.14. The zero-order chi connectivity index (χ0) is 15.5. The molecular formula is C16H13F2N3O. The van der Waals surface area contributed by atoms with Crippen molar-refractivity contribution in [1.29, 1.82) is 0 Å². The van der Waals surface area contributed by atoms with Crippen LogP contribution in [0.4, 0.5) is 20.3 Å². The summed E-state index contributed by atoms with van der Waals surface area (Å²) in [5.41, 5.74) is 1.40. The molecule has 0 aliphatic heterocycles. The van der Waals surface area contributed by atoms with Gasteiger partial charge in [-0.1, -0.05) is 0 Å². The third-order valence-electron chi connectivity index (χ3n) is 3.19. The number of ether oxygens (including phenoxy) is 1. The van der Waals surface area contributed by atoms with Gasteiger partial charge in [-0.2, -0.15) is 5.10 Å². The van der Waals surface area contributed by atoms with Crippen molar-refractivity contribution in [3.8, 4) is 17.0 Å². The summed E-state index contributed by atoms with van der Waals surface area (Å²) in [4.78, 5) is 0. The van der Waals surface area contributed by atoms with Crippen LogP contribution in [-0.2, 0) is 0 Å². The van der Waals surface area contributed by atoms with Gasteiger partial charge in [-0.05, 0) is 48.5 Å². The van der Waals surface area contributed by atoms with Crippen molar-refractivity contribution in [2.45, 2.75) is 0 Å². The number of H-pyrrole nitrogens is 1. The molecule has 1 heterocycles. The summed E-state index contributed by atoms with van der Waals surface area (Å²) in [6, 6.07) is 12.5. The minimum atomic E-state index is -0.526. The predicted molar refractivity (Wildman–Crippen MR) is 80.2 cm³/mol. The van der Waals surface area contributed by atoms with Gasteiger partial charge in [0.1, 0.15) is 17.3 Å². The van der Waals surface area contributed by atoms with Gasteiger partial charge in [-0.3, -0.25) is 5.10 Å². The highest BCUT2D eigenvalue weighted by molar-refractivity contribution is 5.67. The molecular weight excluding hydrogens is 288 g/mol. The van der Waals surface area contributed by atoms with E-state index in [9.17, 15) is 8.78 Å². The molecule has 0 spiro atoms. The van der Waals surface area contributed by atoms with Crippen LogP contribution in [0.1, 0.15) is 0 Å². The van der Waals surface area contributed by atoms with Gasteiger partial charge in [0.15, 0.2) is 11.6 Å². The average Bonchev–Trinajstić information content (AvgIpc) is 2.90. The molecule has 0 radical (unpaired) electrons. The van der Waals surface area contributed by atoms with E-state index in [0.717, 1.165) is 0 Å². The van der Waals surface area contributed by atoms with Crippen LogP contribution in [0.2, 0.25) is 0 Å². The summed E-state index contributed by atoms with van der Waals surface area (Å²) >= 11 is 0. The molecule has 0 aliphatic rings. The van der Waals surface area contributed by atoms with Crippen molar-refractivity contribution in [3.05, 3.63) is 60.2 Å². The van der Waals surface area contributed by atoms with Crippen molar-refractivity contribution in [2.75, 3.05) is 12.4 Å². The molecule has 0 atom stereocenters. The number of aromatic nitrogens is 2. The summed E-state index contributed by atoms with van der Waals surface area (Å²) in [6.07, 6.45) is 0. The lowest BCUT2D eigenvalue weighted by Crippen LogP contribution is -1.93.